The lowest BCUT2D eigenvalue weighted by Crippen LogP contribution is -2.02. The Morgan fingerprint density at radius 3 is 2.91 bits per heavy atom. The molecule has 1 aromatic rings. The van der Waals surface area contributed by atoms with Crippen molar-refractivity contribution in [2.75, 3.05) is 0 Å². The van der Waals surface area contributed by atoms with Crippen molar-refractivity contribution >= 4 is 11.5 Å². The van der Waals surface area contributed by atoms with Gasteiger partial charge in [0.1, 0.15) is 5.69 Å². The number of nitrogens with zero attached hydrogens (tertiary/aromatic N) is 2. The van der Waals surface area contributed by atoms with Gasteiger partial charge in [0.15, 0.2) is 0 Å². The number of carbonyl (C=O) groups is 1. The van der Waals surface area contributed by atoms with Crippen LogP contribution in [-0.2, 0) is 0 Å². The van der Waals surface area contributed by atoms with Crippen molar-refractivity contribution < 1.29 is 9.90 Å². The molecule has 1 aromatic heterocycles. The molecule has 1 N–H and O–H groups in total. The van der Waals surface area contributed by atoms with Gasteiger partial charge >= 0.3 is 5.97 Å². The molecule has 0 amide bonds. The second-order valence-corrected chi connectivity index (χ2v) is 5.28. The Hall–Kier alpha value is -2.93. The number of aromatic carboxylic acids is 1. The average Bonchev–Trinajstić information content (AvgIpc) is 2.74. The number of fused-ring (bicyclic) bond motifs is 1. The Labute approximate surface area is 128 Å². The van der Waals surface area contributed by atoms with Crippen LogP contribution < -0.4 is 0 Å². The zero-order valence-electron chi connectivity index (χ0n) is 11.9. The van der Waals surface area contributed by atoms with Gasteiger partial charge in [-0.15, -0.1) is 0 Å². The summed E-state index contributed by atoms with van der Waals surface area (Å²) in [6.45, 7) is 0. The molecule has 0 saturated carbocycles. The maximum atomic E-state index is 10.9. The zero-order chi connectivity index (χ0) is 15.5. The first-order valence-corrected chi connectivity index (χ1v) is 7.08. The molecule has 0 aromatic carbocycles. The quantitative estimate of drug-likeness (QED) is 0.904. The Bertz CT molecular complexity index is 774. The van der Waals surface area contributed by atoms with Crippen molar-refractivity contribution in [1.82, 2.24) is 4.98 Å². The van der Waals surface area contributed by atoms with Gasteiger partial charge < -0.3 is 5.11 Å². The second-order valence-electron chi connectivity index (χ2n) is 5.28. The number of hydrogen-bond donors (Lipinski definition) is 1. The highest BCUT2D eigenvalue weighted by Gasteiger charge is 2.20. The lowest BCUT2D eigenvalue weighted by molar-refractivity contribution is 0.0690. The van der Waals surface area contributed by atoms with Crippen LogP contribution in [0.2, 0.25) is 0 Å². The number of carboxylic acid groups (broad SMARTS) is 1. The van der Waals surface area contributed by atoms with Crippen LogP contribution in [0.1, 0.15) is 28.9 Å². The largest absolute Gasteiger partial charge is 0.477 e. The molecular weight excluding hydrogens is 276 g/mol. The third-order valence-electron chi connectivity index (χ3n) is 3.96. The summed E-state index contributed by atoms with van der Waals surface area (Å²) >= 11 is 0. The number of pyridine rings is 1. The SMILES string of the molecule is N#CC1=C2C=CC=CC2CCC(c2ccc(C(=O)O)nc2)=C1. The van der Waals surface area contributed by atoms with Gasteiger partial charge in [-0.1, -0.05) is 30.4 Å². The van der Waals surface area contributed by atoms with E-state index in [0.717, 1.165) is 29.6 Å². The summed E-state index contributed by atoms with van der Waals surface area (Å²) in [5.74, 6) is -0.776. The Morgan fingerprint density at radius 1 is 1.36 bits per heavy atom. The summed E-state index contributed by atoms with van der Waals surface area (Å²) in [6, 6.07) is 5.52. The van der Waals surface area contributed by atoms with Gasteiger partial charge in [0, 0.05) is 12.1 Å². The van der Waals surface area contributed by atoms with Crippen molar-refractivity contribution in [3.05, 3.63) is 71.1 Å². The van der Waals surface area contributed by atoms with Crippen LogP contribution >= 0.6 is 0 Å². The Kier molecular flexibility index (Phi) is 3.71. The fourth-order valence-corrected chi connectivity index (χ4v) is 2.80. The molecule has 4 nitrogen and oxygen atoms in total. The van der Waals surface area contributed by atoms with Crippen LogP contribution in [0, 0.1) is 17.2 Å². The minimum absolute atomic E-state index is 0.0244. The zero-order valence-corrected chi connectivity index (χ0v) is 11.9. The summed E-state index contributed by atoms with van der Waals surface area (Å²) in [4.78, 5) is 14.8. The average molecular weight is 290 g/mol. The highest BCUT2D eigenvalue weighted by molar-refractivity contribution is 5.85. The van der Waals surface area contributed by atoms with Crippen molar-refractivity contribution in [1.29, 1.82) is 5.26 Å². The van der Waals surface area contributed by atoms with Gasteiger partial charge in [0.25, 0.3) is 0 Å². The Morgan fingerprint density at radius 2 is 2.23 bits per heavy atom. The van der Waals surface area contributed by atoms with E-state index in [9.17, 15) is 10.1 Å². The van der Waals surface area contributed by atoms with Crippen LogP contribution in [0.15, 0.2) is 59.9 Å². The first-order valence-electron chi connectivity index (χ1n) is 7.08. The van der Waals surface area contributed by atoms with Gasteiger partial charge in [-0.3, -0.25) is 0 Å². The van der Waals surface area contributed by atoms with E-state index >= 15 is 0 Å². The molecule has 1 atom stereocenters. The van der Waals surface area contributed by atoms with E-state index in [-0.39, 0.29) is 11.6 Å². The minimum Gasteiger partial charge on any atom is -0.477 e. The van der Waals surface area contributed by atoms with E-state index in [0.29, 0.717) is 5.57 Å². The number of carboxylic acids is 1. The smallest absolute Gasteiger partial charge is 0.354 e. The van der Waals surface area contributed by atoms with Crippen molar-refractivity contribution in [2.45, 2.75) is 12.8 Å². The van der Waals surface area contributed by atoms with Crippen LogP contribution in [0.5, 0.6) is 0 Å². The molecule has 4 heteroatoms. The summed E-state index contributed by atoms with van der Waals surface area (Å²) in [5.41, 5.74) is 3.63. The molecule has 1 heterocycles. The fraction of sp³-hybridized carbons (Fsp3) is 0.167. The highest BCUT2D eigenvalue weighted by atomic mass is 16.4. The van der Waals surface area contributed by atoms with Gasteiger partial charge in [0.05, 0.1) is 11.6 Å². The summed E-state index contributed by atoms with van der Waals surface area (Å²) < 4.78 is 0. The molecule has 2 aliphatic carbocycles. The lowest BCUT2D eigenvalue weighted by Gasteiger charge is -2.15. The molecule has 1 unspecified atom stereocenters. The molecule has 0 spiro atoms. The number of hydrogen-bond acceptors (Lipinski definition) is 3. The fourth-order valence-electron chi connectivity index (χ4n) is 2.80. The summed E-state index contributed by atoms with van der Waals surface area (Å²) in [6.07, 6.45) is 13.3. The molecule has 0 aliphatic heterocycles. The molecule has 0 bridgehead atoms. The molecule has 2 aliphatic rings. The second kappa shape index (κ2) is 5.82. The first-order chi connectivity index (χ1) is 10.7. The van der Waals surface area contributed by atoms with E-state index in [4.69, 9.17) is 5.11 Å². The van der Waals surface area contributed by atoms with Crippen LogP contribution in [0.4, 0.5) is 0 Å². The third-order valence-corrected chi connectivity index (χ3v) is 3.96. The maximum absolute atomic E-state index is 10.9. The van der Waals surface area contributed by atoms with E-state index in [2.05, 4.69) is 17.1 Å². The number of allylic oxidation sites excluding steroid dienone is 8. The van der Waals surface area contributed by atoms with Crippen LogP contribution in [-0.4, -0.2) is 16.1 Å². The number of nitriles is 1. The molecule has 0 radical (unpaired) electrons. The predicted molar refractivity (Wildman–Crippen MR) is 82.8 cm³/mol. The number of rotatable bonds is 2. The molecular formula is C18H14N2O2. The molecule has 22 heavy (non-hydrogen) atoms. The third kappa shape index (κ3) is 2.61. The van der Waals surface area contributed by atoms with Gasteiger partial charge in [-0.25, -0.2) is 9.78 Å². The van der Waals surface area contributed by atoms with Crippen molar-refractivity contribution in [3.8, 4) is 6.07 Å². The molecule has 0 saturated heterocycles. The van der Waals surface area contributed by atoms with Gasteiger partial charge in [0.2, 0.25) is 0 Å². The standard InChI is InChI=1S/C18H14N2O2/c19-10-15-9-13(6-5-12-3-1-2-4-16(12)15)14-7-8-17(18(21)22)20-11-14/h1-4,7-9,11-12H,5-6H2,(H,21,22). The van der Waals surface area contributed by atoms with E-state index < -0.39 is 5.97 Å². The number of aromatic nitrogens is 1. The van der Waals surface area contributed by atoms with Gasteiger partial charge in [-0.2, -0.15) is 5.26 Å². The predicted octanol–water partition coefficient (Wildman–Crippen LogP) is 3.52. The van der Waals surface area contributed by atoms with Crippen molar-refractivity contribution in [3.63, 3.8) is 0 Å². The van der Waals surface area contributed by atoms with E-state index in [1.807, 2.05) is 24.3 Å². The molecule has 108 valence electrons. The summed E-state index contributed by atoms with van der Waals surface area (Å²) in [5, 5.41) is 18.3. The van der Waals surface area contributed by atoms with E-state index in [1.54, 1.807) is 12.3 Å². The molecule has 0 fully saturated rings. The highest BCUT2D eigenvalue weighted by Crippen LogP contribution is 2.35. The minimum atomic E-state index is -1.04. The first kappa shape index (κ1) is 14.0. The normalized spacial score (nSPS) is 20.0. The van der Waals surface area contributed by atoms with Gasteiger partial charge in [-0.05, 0) is 41.7 Å². The monoisotopic (exact) mass is 290 g/mol. The maximum Gasteiger partial charge on any atom is 0.354 e. The van der Waals surface area contributed by atoms with Crippen molar-refractivity contribution in [2.24, 2.45) is 5.92 Å². The topological polar surface area (TPSA) is 74.0 Å². The lowest BCUT2D eigenvalue weighted by atomic mass is 9.89. The van der Waals surface area contributed by atoms with E-state index in [1.165, 1.54) is 6.07 Å². The summed E-state index contributed by atoms with van der Waals surface area (Å²) in [7, 11) is 0. The van der Waals surface area contributed by atoms with Crippen LogP contribution in [0.3, 0.4) is 0 Å². The Balaban J connectivity index is 1.98. The van der Waals surface area contributed by atoms with Crippen LogP contribution in [0.25, 0.3) is 5.57 Å². The molecule has 3 rings (SSSR count).